The molecule has 22 heavy (non-hydrogen) atoms. The molecular formula is C16H10N4S2. The molecule has 0 bridgehead atoms. The van der Waals surface area contributed by atoms with Gasteiger partial charge in [0.2, 0.25) is 0 Å². The standard InChI is InChI=1S/C16H10N4S2/c1-3-7-13-11(5-1)15(19-9-17-13)21-22-16-12-6-2-4-8-14(12)18-10-20-16/h1-10H. The van der Waals surface area contributed by atoms with Gasteiger partial charge in [-0.2, -0.15) is 0 Å². The molecule has 0 atom stereocenters. The molecule has 0 aliphatic rings. The van der Waals surface area contributed by atoms with Gasteiger partial charge in [0.15, 0.2) is 0 Å². The molecule has 0 radical (unpaired) electrons. The molecule has 0 fully saturated rings. The topological polar surface area (TPSA) is 51.6 Å². The van der Waals surface area contributed by atoms with Crippen LogP contribution in [0.25, 0.3) is 21.8 Å². The van der Waals surface area contributed by atoms with Gasteiger partial charge in [-0.25, -0.2) is 19.9 Å². The lowest BCUT2D eigenvalue weighted by Gasteiger charge is -2.05. The summed E-state index contributed by atoms with van der Waals surface area (Å²) in [5, 5.41) is 4.00. The van der Waals surface area contributed by atoms with Crippen LogP contribution in [0.1, 0.15) is 0 Å². The molecule has 6 heteroatoms. The summed E-state index contributed by atoms with van der Waals surface area (Å²) < 4.78 is 0. The van der Waals surface area contributed by atoms with Gasteiger partial charge in [0.05, 0.1) is 11.0 Å². The van der Waals surface area contributed by atoms with Crippen LogP contribution in [0.15, 0.2) is 71.2 Å². The Morgan fingerprint density at radius 3 is 1.50 bits per heavy atom. The normalized spacial score (nSPS) is 11.1. The first-order valence-electron chi connectivity index (χ1n) is 6.66. The van der Waals surface area contributed by atoms with Gasteiger partial charge in [-0.15, -0.1) is 0 Å². The number of nitrogens with zero attached hydrogens (tertiary/aromatic N) is 4. The van der Waals surface area contributed by atoms with Crippen molar-refractivity contribution >= 4 is 43.4 Å². The van der Waals surface area contributed by atoms with E-state index in [-0.39, 0.29) is 0 Å². The number of hydrogen-bond donors (Lipinski definition) is 0. The lowest BCUT2D eigenvalue weighted by atomic mass is 10.2. The van der Waals surface area contributed by atoms with E-state index in [1.54, 1.807) is 34.2 Å². The van der Waals surface area contributed by atoms with Crippen LogP contribution in [0.2, 0.25) is 0 Å². The van der Waals surface area contributed by atoms with E-state index in [1.165, 1.54) is 0 Å². The Morgan fingerprint density at radius 2 is 1.00 bits per heavy atom. The fourth-order valence-corrected chi connectivity index (χ4v) is 4.31. The molecule has 4 rings (SSSR count). The fourth-order valence-electron chi connectivity index (χ4n) is 2.17. The van der Waals surface area contributed by atoms with E-state index in [9.17, 15) is 0 Å². The molecule has 0 N–H and O–H groups in total. The maximum Gasteiger partial charge on any atom is 0.118 e. The fraction of sp³-hybridized carbons (Fsp3) is 0. The Bertz CT molecular complexity index is 869. The summed E-state index contributed by atoms with van der Waals surface area (Å²) in [6.07, 6.45) is 3.20. The van der Waals surface area contributed by atoms with Crippen LogP contribution < -0.4 is 0 Å². The molecule has 0 aliphatic heterocycles. The molecule has 2 aromatic heterocycles. The Morgan fingerprint density at radius 1 is 0.545 bits per heavy atom. The molecule has 4 aromatic rings. The van der Waals surface area contributed by atoms with E-state index < -0.39 is 0 Å². The molecule has 0 spiro atoms. The molecule has 0 saturated heterocycles. The molecule has 4 nitrogen and oxygen atoms in total. The number of para-hydroxylation sites is 2. The van der Waals surface area contributed by atoms with Gasteiger partial charge in [0.1, 0.15) is 22.7 Å². The highest BCUT2D eigenvalue weighted by molar-refractivity contribution is 8.76. The Kier molecular flexibility index (Phi) is 3.62. The Labute approximate surface area is 134 Å². The van der Waals surface area contributed by atoms with Crippen molar-refractivity contribution in [1.29, 1.82) is 0 Å². The van der Waals surface area contributed by atoms with Crippen LogP contribution in [-0.2, 0) is 0 Å². The second-order valence-corrected chi connectivity index (χ2v) is 6.67. The third kappa shape index (κ3) is 2.51. The minimum absolute atomic E-state index is 0.943. The summed E-state index contributed by atoms with van der Waals surface area (Å²) in [7, 11) is 3.19. The van der Waals surface area contributed by atoms with Gasteiger partial charge in [0, 0.05) is 10.8 Å². The zero-order chi connectivity index (χ0) is 14.8. The first-order chi connectivity index (χ1) is 10.9. The third-order valence-corrected chi connectivity index (χ3v) is 5.46. The third-order valence-electron chi connectivity index (χ3n) is 3.21. The van der Waals surface area contributed by atoms with Gasteiger partial charge in [-0.05, 0) is 33.7 Å². The molecule has 0 saturated carbocycles. The zero-order valence-corrected chi connectivity index (χ0v) is 13.0. The number of aromatic nitrogens is 4. The van der Waals surface area contributed by atoms with E-state index in [2.05, 4.69) is 19.9 Å². The van der Waals surface area contributed by atoms with Gasteiger partial charge in [0.25, 0.3) is 0 Å². The van der Waals surface area contributed by atoms with Crippen molar-refractivity contribution in [2.45, 2.75) is 10.1 Å². The minimum Gasteiger partial charge on any atom is -0.236 e. The largest absolute Gasteiger partial charge is 0.236 e. The van der Waals surface area contributed by atoms with Gasteiger partial charge in [-0.3, -0.25) is 0 Å². The molecule has 0 unspecified atom stereocenters. The van der Waals surface area contributed by atoms with Crippen molar-refractivity contribution < 1.29 is 0 Å². The van der Waals surface area contributed by atoms with E-state index in [4.69, 9.17) is 0 Å². The number of rotatable bonds is 3. The highest BCUT2D eigenvalue weighted by Gasteiger charge is 2.08. The van der Waals surface area contributed by atoms with Crippen molar-refractivity contribution in [2.75, 3.05) is 0 Å². The maximum atomic E-state index is 4.39. The van der Waals surface area contributed by atoms with Gasteiger partial charge in [-0.1, -0.05) is 36.4 Å². The molecule has 2 aromatic carbocycles. The molecule has 106 valence electrons. The molecule has 0 amide bonds. The smallest absolute Gasteiger partial charge is 0.118 e. The Balaban J connectivity index is 1.69. The van der Waals surface area contributed by atoms with Crippen molar-refractivity contribution in [3.63, 3.8) is 0 Å². The highest BCUT2D eigenvalue weighted by atomic mass is 33.1. The van der Waals surface area contributed by atoms with E-state index in [1.807, 2.05) is 48.5 Å². The van der Waals surface area contributed by atoms with Crippen molar-refractivity contribution in [3.8, 4) is 0 Å². The van der Waals surface area contributed by atoms with Crippen molar-refractivity contribution in [3.05, 3.63) is 61.2 Å². The van der Waals surface area contributed by atoms with Crippen LogP contribution in [0.3, 0.4) is 0 Å². The number of fused-ring (bicyclic) bond motifs is 2. The van der Waals surface area contributed by atoms with Crippen molar-refractivity contribution in [2.24, 2.45) is 0 Å². The highest BCUT2D eigenvalue weighted by Crippen LogP contribution is 2.40. The molecule has 2 heterocycles. The number of benzene rings is 2. The van der Waals surface area contributed by atoms with E-state index in [0.29, 0.717) is 0 Å². The molecular weight excluding hydrogens is 312 g/mol. The maximum absolute atomic E-state index is 4.39. The number of hydrogen-bond acceptors (Lipinski definition) is 6. The first-order valence-corrected chi connectivity index (χ1v) is 8.81. The average Bonchev–Trinajstić information content (AvgIpc) is 2.60. The lowest BCUT2D eigenvalue weighted by molar-refractivity contribution is 1.10. The van der Waals surface area contributed by atoms with E-state index in [0.717, 1.165) is 31.9 Å². The van der Waals surface area contributed by atoms with Crippen LogP contribution in [0, 0.1) is 0 Å². The lowest BCUT2D eigenvalue weighted by Crippen LogP contribution is -1.87. The van der Waals surface area contributed by atoms with E-state index >= 15 is 0 Å². The van der Waals surface area contributed by atoms with Gasteiger partial charge >= 0.3 is 0 Å². The van der Waals surface area contributed by atoms with Gasteiger partial charge < -0.3 is 0 Å². The first kappa shape index (κ1) is 13.5. The van der Waals surface area contributed by atoms with Crippen LogP contribution in [0.5, 0.6) is 0 Å². The SMILES string of the molecule is c1ccc2c(SSc3ncnc4ccccc34)ncnc2c1. The predicted octanol–water partition coefficient (Wildman–Crippen LogP) is 4.37. The summed E-state index contributed by atoms with van der Waals surface area (Å²) in [5.41, 5.74) is 1.90. The monoisotopic (exact) mass is 322 g/mol. The summed E-state index contributed by atoms with van der Waals surface area (Å²) >= 11 is 0. The second kappa shape index (κ2) is 5.90. The van der Waals surface area contributed by atoms with Crippen molar-refractivity contribution in [1.82, 2.24) is 19.9 Å². The Hall–Kier alpha value is -2.18. The zero-order valence-electron chi connectivity index (χ0n) is 11.4. The minimum atomic E-state index is 0.943. The molecule has 0 aliphatic carbocycles. The average molecular weight is 322 g/mol. The van der Waals surface area contributed by atoms with Crippen LogP contribution in [-0.4, -0.2) is 19.9 Å². The van der Waals surface area contributed by atoms with Crippen LogP contribution in [0.4, 0.5) is 0 Å². The summed E-state index contributed by atoms with van der Waals surface area (Å²) in [6, 6.07) is 16.0. The van der Waals surface area contributed by atoms with Crippen LogP contribution >= 0.6 is 21.6 Å². The summed E-state index contributed by atoms with van der Waals surface area (Å²) in [5.74, 6) is 0. The summed E-state index contributed by atoms with van der Waals surface area (Å²) in [6.45, 7) is 0. The summed E-state index contributed by atoms with van der Waals surface area (Å²) in [4.78, 5) is 17.4. The predicted molar refractivity (Wildman–Crippen MR) is 90.8 cm³/mol. The second-order valence-electron chi connectivity index (χ2n) is 4.56. The quantitative estimate of drug-likeness (QED) is 0.412.